The summed E-state index contributed by atoms with van der Waals surface area (Å²) in [7, 11) is 0. The number of amides is 2. The van der Waals surface area contributed by atoms with Crippen LogP contribution in [0.1, 0.15) is 49.9 Å². The summed E-state index contributed by atoms with van der Waals surface area (Å²) >= 11 is 1.70. The van der Waals surface area contributed by atoms with Gasteiger partial charge in [0.2, 0.25) is 0 Å². The number of hydrogen-bond acceptors (Lipinski definition) is 3. The van der Waals surface area contributed by atoms with Gasteiger partial charge in [-0.3, -0.25) is 0 Å². The van der Waals surface area contributed by atoms with E-state index in [-0.39, 0.29) is 18.1 Å². The Bertz CT molecular complexity index is 463. The third-order valence-electron chi connectivity index (χ3n) is 4.70. The number of nitrogens with one attached hydrogen (secondary N) is 2. The zero-order valence-electron chi connectivity index (χ0n) is 12.5. The number of urea groups is 1. The fraction of sp³-hybridized carbons (Fsp3) is 0.688. The zero-order chi connectivity index (χ0) is 14.7. The van der Waals surface area contributed by atoms with E-state index in [0.717, 1.165) is 38.7 Å². The van der Waals surface area contributed by atoms with Gasteiger partial charge < -0.3 is 15.4 Å². The highest BCUT2D eigenvalue weighted by Crippen LogP contribution is 2.34. The van der Waals surface area contributed by atoms with Crippen LogP contribution in [0.25, 0.3) is 0 Å². The molecule has 0 aromatic carbocycles. The van der Waals surface area contributed by atoms with E-state index in [9.17, 15) is 4.79 Å². The van der Waals surface area contributed by atoms with E-state index in [0.29, 0.717) is 12.0 Å². The van der Waals surface area contributed by atoms with E-state index >= 15 is 0 Å². The average Bonchev–Trinajstić information content (AvgIpc) is 3.16. The molecule has 1 aliphatic heterocycles. The molecule has 1 aromatic heterocycles. The number of carbonyl (C=O) groups excluding carboxylic acids is 1. The Morgan fingerprint density at radius 2 is 2.38 bits per heavy atom. The molecule has 1 aromatic rings. The summed E-state index contributed by atoms with van der Waals surface area (Å²) in [6, 6.07) is 4.47. The van der Waals surface area contributed by atoms with Crippen LogP contribution in [0, 0.1) is 5.92 Å². The highest BCUT2D eigenvalue weighted by molar-refractivity contribution is 7.10. The van der Waals surface area contributed by atoms with Gasteiger partial charge in [0.1, 0.15) is 0 Å². The predicted octanol–water partition coefficient (Wildman–Crippen LogP) is 3.46. The van der Waals surface area contributed by atoms with Crippen molar-refractivity contribution in [3.8, 4) is 0 Å². The van der Waals surface area contributed by atoms with Gasteiger partial charge in [-0.2, -0.15) is 0 Å². The fourth-order valence-electron chi connectivity index (χ4n) is 3.59. The number of hydrogen-bond donors (Lipinski definition) is 2. The molecule has 1 saturated carbocycles. The van der Waals surface area contributed by atoms with E-state index in [2.05, 4.69) is 29.0 Å². The lowest BCUT2D eigenvalue weighted by Gasteiger charge is -2.33. The molecule has 0 radical (unpaired) electrons. The summed E-state index contributed by atoms with van der Waals surface area (Å²) in [6.07, 6.45) is 5.73. The minimum Gasteiger partial charge on any atom is -0.378 e. The summed E-state index contributed by atoms with van der Waals surface area (Å²) in [4.78, 5) is 13.5. The molecule has 2 aliphatic rings. The molecule has 4 atom stereocenters. The summed E-state index contributed by atoms with van der Waals surface area (Å²) in [6.45, 7) is 2.95. The summed E-state index contributed by atoms with van der Waals surface area (Å²) in [5, 5.41) is 8.36. The lowest BCUT2D eigenvalue weighted by molar-refractivity contribution is 0.0549. The first-order valence-electron chi connectivity index (χ1n) is 8.00. The molecule has 21 heavy (non-hydrogen) atoms. The quantitative estimate of drug-likeness (QED) is 0.895. The second kappa shape index (κ2) is 6.79. The molecular weight excluding hydrogens is 284 g/mol. The Kier molecular flexibility index (Phi) is 4.80. The number of ether oxygens (including phenoxy) is 1. The van der Waals surface area contributed by atoms with Crippen LogP contribution in [0.3, 0.4) is 0 Å². The van der Waals surface area contributed by atoms with Gasteiger partial charge in [0, 0.05) is 23.4 Å². The molecule has 2 N–H and O–H groups in total. The van der Waals surface area contributed by atoms with Crippen molar-refractivity contribution in [2.24, 2.45) is 5.92 Å². The van der Waals surface area contributed by atoms with Crippen molar-refractivity contribution in [1.29, 1.82) is 0 Å². The molecule has 2 heterocycles. The number of thiophene rings is 1. The maximum absolute atomic E-state index is 12.3. The van der Waals surface area contributed by atoms with Crippen molar-refractivity contribution in [1.82, 2.24) is 10.6 Å². The largest absolute Gasteiger partial charge is 0.378 e. The Morgan fingerprint density at radius 3 is 3.14 bits per heavy atom. The number of fused-ring (bicyclic) bond motifs is 1. The van der Waals surface area contributed by atoms with Gasteiger partial charge >= 0.3 is 6.03 Å². The van der Waals surface area contributed by atoms with Crippen molar-refractivity contribution < 1.29 is 9.53 Å². The fourth-order valence-corrected chi connectivity index (χ4v) is 4.45. The van der Waals surface area contributed by atoms with Crippen LogP contribution >= 0.6 is 11.3 Å². The molecule has 4 nitrogen and oxygen atoms in total. The highest BCUT2D eigenvalue weighted by atomic mass is 32.1. The van der Waals surface area contributed by atoms with Crippen LogP contribution in [0.2, 0.25) is 0 Å². The van der Waals surface area contributed by atoms with E-state index in [1.165, 1.54) is 4.88 Å². The summed E-state index contributed by atoms with van der Waals surface area (Å²) < 4.78 is 5.76. The van der Waals surface area contributed by atoms with E-state index < -0.39 is 0 Å². The van der Waals surface area contributed by atoms with Gasteiger partial charge in [-0.05, 0) is 43.6 Å². The van der Waals surface area contributed by atoms with Gasteiger partial charge in [-0.1, -0.05) is 13.0 Å². The average molecular weight is 308 g/mol. The normalized spacial score (nSPS) is 29.7. The van der Waals surface area contributed by atoms with Crippen molar-refractivity contribution in [2.45, 2.75) is 57.2 Å². The maximum atomic E-state index is 12.3. The van der Waals surface area contributed by atoms with Crippen molar-refractivity contribution in [3.63, 3.8) is 0 Å². The molecule has 0 unspecified atom stereocenters. The molecule has 1 saturated heterocycles. The van der Waals surface area contributed by atoms with Crippen molar-refractivity contribution in [3.05, 3.63) is 22.4 Å². The molecule has 3 rings (SSSR count). The third kappa shape index (κ3) is 3.40. The molecule has 0 bridgehead atoms. The molecule has 5 heteroatoms. The SMILES string of the molecule is CC[C@H](NC(=O)N[C@@H]1CCC[C@@H]2OCC[C@H]21)c1cccs1. The second-order valence-corrected chi connectivity index (χ2v) is 6.97. The van der Waals surface area contributed by atoms with Gasteiger partial charge in [0.25, 0.3) is 0 Å². The smallest absolute Gasteiger partial charge is 0.315 e. The molecule has 2 fully saturated rings. The third-order valence-corrected chi connectivity index (χ3v) is 5.68. The summed E-state index contributed by atoms with van der Waals surface area (Å²) in [5.74, 6) is 0.506. The first-order chi connectivity index (χ1) is 10.3. The standard InChI is InChI=1S/C16H24N2O2S/c1-2-12(15-7-4-10-21-15)17-16(19)18-13-5-3-6-14-11(13)8-9-20-14/h4,7,10-14H,2-3,5-6,8-9H2,1H3,(H2,17,18,19)/t11-,12-,13+,14-/m0/s1. The van der Waals surface area contributed by atoms with Crippen LogP contribution in [-0.2, 0) is 4.74 Å². The maximum Gasteiger partial charge on any atom is 0.315 e. The Balaban J connectivity index is 1.56. The number of rotatable bonds is 4. The van der Waals surface area contributed by atoms with E-state index in [4.69, 9.17) is 4.74 Å². The highest BCUT2D eigenvalue weighted by Gasteiger charge is 2.38. The van der Waals surface area contributed by atoms with E-state index in [1.807, 2.05) is 6.07 Å². The Morgan fingerprint density at radius 1 is 1.48 bits per heavy atom. The molecule has 1 aliphatic carbocycles. The minimum atomic E-state index is -0.0344. The molecule has 2 amide bonds. The predicted molar refractivity (Wildman–Crippen MR) is 84.5 cm³/mol. The van der Waals surface area contributed by atoms with Gasteiger partial charge in [-0.15, -0.1) is 11.3 Å². The van der Waals surface area contributed by atoms with Crippen LogP contribution in [0.4, 0.5) is 4.79 Å². The topological polar surface area (TPSA) is 50.4 Å². The molecular formula is C16H24N2O2S. The molecule has 116 valence electrons. The number of carbonyl (C=O) groups is 1. The van der Waals surface area contributed by atoms with Crippen LogP contribution in [0.15, 0.2) is 17.5 Å². The second-order valence-electron chi connectivity index (χ2n) is 5.99. The van der Waals surface area contributed by atoms with Gasteiger partial charge in [0.05, 0.1) is 12.1 Å². The lowest BCUT2D eigenvalue weighted by Crippen LogP contribution is -2.49. The Hall–Kier alpha value is -1.07. The monoisotopic (exact) mass is 308 g/mol. The van der Waals surface area contributed by atoms with Crippen LogP contribution in [-0.4, -0.2) is 24.8 Å². The van der Waals surface area contributed by atoms with Gasteiger partial charge in [-0.25, -0.2) is 4.79 Å². The zero-order valence-corrected chi connectivity index (χ0v) is 13.3. The minimum absolute atomic E-state index is 0.0344. The first kappa shape index (κ1) is 14.9. The lowest BCUT2D eigenvalue weighted by atomic mass is 9.82. The van der Waals surface area contributed by atoms with Crippen LogP contribution in [0.5, 0.6) is 0 Å². The first-order valence-corrected chi connectivity index (χ1v) is 8.88. The molecule has 0 spiro atoms. The summed E-state index contributed by atoms with van der Waals surface area (Å²) in [5.41, 5.74) is 0. The van der Waals surface area contributed by atoms with Crippen molar-refractivity contribution in [2.75, 3.05) is 6.61 Å². The van der Waals surface area contributed by atoms with Crippen LogP contribution < -0.4 is 10.6 Å². The van der Waals surface area contributed by atoms with Gasteiger partial charge in [0.15, 0.2) is 0 Å². The Labute approximate surface area is 130 Å². The van der Waals surface area contributed by atoms with Crippen molar-refractivity contribution >= 4 is 17.4 Å². The van der Waals surface area contributed by atoms with E-state index in [1.54, 1.807) is 11.3 Å².